The lowest BCUT2D eigenvalue weighted by Crippen LogP contribution is -2.30. The molecule has 2 aromatic rings. The zero-order valence-corrected chi connectivity index (χ0v) is 9.71. The number of nitrogens with zero attached hydrogens (tertiary/aromatic N) is 2. The first-order valence-electron chi connectivity index (χ1n) is 5.21. The second-order valence-electron chi connectivity index (χ2n) is 3.58. The van der Waals surface area contributed by atoms with E-state index in [2.05, 4.69) is 10.1 Å². The van der Waals surface area contributed by atoms with E-state index in [4.69, 9.17) is 15.1 Å². The number of pyridine rings is 1. The first-order valence-corrected chi connectivity index (χ1v) is 5.21. The number of nitrogens with two attached hydrogens (primary N) is 1. The molecule has 0 saturated carbocycles. The highest BCUT2D eigenvalue weighted by atomic mass is 16.5. The quantitative estimate of drug-likeness (QED) is 0.465. The van der Waals surface area contributed by atoms with Gasteiger partial charge in [-0.15, -0.1) is 0 Å². The third kappa shape index (κ3) is 2.83. The largest absolute Gasteiger partial charge is 0.484 e. The standard InChI is InChI=1S/C11H12N4O3/c1-7-2-3-8(5-13-7)17-6-9-4-10(15-18-9)11(16)14-12/h2-5H,6,12H2,1H3,(H,14,16). The number of hydrogen-bond acceptors (Lipinski definition) is 6. The zero-order valence-electron chi connectivity index (χ0n) is 9.71. The van der Waals surface area contributed by atoms with Crippen molar-refractivity contribution in [2.45, 2.75) is 13.5 Å². The Labute approximate surface area is 103 Å². The van der Waals surface area contributed by atoms with Crippen molar-refractivity contribution in [3.63, 3.8) is 0 Å². The van der Waals surface area contributed by atoms with Gasteiger partial charge in [0.15, 0.2) is 11.5 Å². The summed E-state index contributed by atoms with van der Waals surface area (Å²) in [4.78, 5) is 15.2. The number of rotatable bonds is 4. The van der Waals surface area contributed by atoms with Crippen LogP contribution in [0.15, 0.2) is 28.9 Å². The Balaban J connectivity index is 1.96. The summed E-state index contributed by atoms with van der Waals surface area (Å²) in [6.45, 7) is 2.05. The first-order chi connectivity index (χ1) is 8.69. The van der Waals surface area contributed by atoms with Crippen LogP contribution in [0.5, 0.6) is 5.75 Å². The first kappa shape index (κ1) is 12.1. The van der Waals surface area contributed by atoms with E-state index in [-0.39, 0.29) is 12.3 Å². The van der Waals surface area contributed by atoms with Crippen LogP contribution >= 0.6 is 0 Å². The van der Waals surface area contributed by atoms with E-state index in [0.717, 1.165) is 5.69 Å². The molecule has 0 radical (unpaired) electrons. The van der Waals surface area contributed by atoms with E-state index >= 15 is 0 Å². The van der Waals surface area contributed by atoms with Crippen LogP contribution in [-0.4, -0.2) is 16.0 Å². The van der Waals surface area contributed by atoms with E-state index in [1.54, 1.807) is 12.3 Å². The fourth-order valence-corrected chi connectivity index (χ4v) is 1.26. The van der Waals surface area contributed by atoms with E-state index in [0.29, 0.717) is 11.5 Å². The molecule has 0 unspecified atom stereocenters. The van der Waals surface area contributed by atoms with Gasteiger partial charge in [-0.05, 0) is 19.1 Å². The summed E-state index contributed by atoms with van der Waals surface area (Å²) in [5.74, 6) is 5.50. The molecular weight excluding hydrogens is 236 g/mol. The number of amides is 1. The molecule has 94 valence electrons. The maximum Gasteiger partial charge on any atom is 0.287 e. The van der Waals surface area contributed by atoms with Crippen molar-refractivity contribution in [3.05, 3.63) is 41.5 Å². The van der Waals surface area contributed by atoms with Crippen LogP contribution in [0.25, 0.3) is 0 Å². The third-order valence-corrected chi connectivity index (χ3v) is 2.19. The predicted octanol–water partition coefficient (Wildman–Crippen LogP) is 0.561. The lowest BCUT2D eigenvalue weighted by molar-refractivity contribution is 0.0944. The molecule has 0 aliphatic rings. The Morgan fingerprint density at radius 3 is 3.06 bits per heavy atom. The highest BCUT2D eigenvalue weighted by molar-refractivity contribution is 5.91. The summed E-state index contributed by atoms with van der Waals surface area (Å²) in [5.41, 5.74) is 2.98. The predicted molar refractivity (Wildman–Crippen MR) is 61.5 cm³/mol. The summed E-state index contributed by atoms with van der Waals surface area (Å²) < 4.78 is 10.3. The number of nitrogens with one attached hydrogen (secondary N) is 1. The molecule has 0 bridgehead atoms. The van der Waals surface area contributed by atoms with Crippen molar-refractivity contribution >= 4 is 5.91 Å². The molecule has 2 heterocycles. The summed E-state index contributed by atoms with van der Waals surface area (Å²) in [6, 6.07) is 5.10. The Kier molecular flexibility index (Phi) is 3.54. The number of hydrazine groups is 1. The molecule has 0 aliphatic heterocycles. The summed E-state index contributed by atoms with van der Waals surface area (Å²) >= 11 is 0. The fraction of sp³-hybridized carbons (Fsp3) is 0.182. The van der Waals surface area contributed by atoms with Gasteiger partial charge in [0, 0.05) is 11.8 Å². The van der Waals surface area contributed by atoms with E-state index in [1.807, 2.05) is 18.4 Å². The molecule has 7 heteroatoms. The lowest BCUT2D eigenvalue weighted by atomic mass is 10.3. The SMILES string of the molecule is Cc1ccc(OCc2cc(C(=O)NN)no2)cn1. The molecule has 0 spiro atoms. The number of ether oxygens (including phenoxy) is 1. The Morgan fingerprint density at radius 2 is 2.39 bits per heavy atom. The van der Waals surface area contributed by atoms with Gasteiger partial charge in [-0.1, -0.05) is 5.16 Å². The van der Waals surface area contributed by atoms with Crippen molar-refractivity contribution in [2.24, 2.45) is 5.84 Å². The van der Waals surface area contributed by atoms with Gasteiger partial charge in [-0.25, -0.2) is 5.84 Å². The van der Waals surface area contributed by atoms with E-state index in [1.165, 1.54) is 6.07 Å². The number of aryl methyl sites for hydroxylation is 1. The van der Waals surface area contributed by atoms with Gasteiger partial charge in [0.2, 0.25) is 0 Å². The second-order valence-corrected chi connectivity index (χ2v) is 3.58. The summed E-state index contributed by atoms with van der Waals surface area (Å²) in [6.07, 6.45) is 1.61. The minimum Gasteiger partial charge on any atom is -0.484 e. The van der Waals surface area contributed by atoms with Crippen molar-refractivity contribution in [1.29, 1.82) is 0 Å². The maximum absolute atomic E-state index is 11.1. The molecule has 18 heavy (non-hydrogen) atoms. The van der Waals surface area contributed by atoms with Crippen LogP contribution < -0.4 is 16.0 Å². The second kappa shape index (κ2) is 5.28. The van der Waals surface area contributed by atoms with Crippen molar-refractivity contribution in [3.8, 4) is 5.75 Å². The van der Waals surface area contributed by atoms with Crippen LogP contribution in [0, 0.1) is 6.92 Å². The molecule has 0 fully saturated rings. The van der Waals surface area contributed by atoms with Crippen LogP contribution in [-0.2, 0) is 6.61 Å². The highest BCUT2D eigenvalue weighted by Crippen LogP contribution is 2.12. The van der Waals surface area contributed by atoms with Crippen molar-refractivity contribution in [1.82, 2.24) is 15.6 Å². The number of carbonyl (C=O) groups is 1. The van der Waals surface area contributed by atoms with Crippen LogP contribution in [0.2, 0.25) is 0 Å². The normalized spacial score (nSPS) is 10.1. The molecule has 0 aliphatic carbocycles. The van der Waals surface area contributed by atoms with Crippen LogP contribution in [0.3, 0.4) is 0 Å². The van der Waals surface area contributed by atoms with Crippen LogP contribution in [0.4, 0.5) is 0 Å². The fourth-order valence-electron chi connectivity index (χ4n) is 1.26. The number of carbonyl (C=O) groups excluding carboxylic acids is 1. The maximum atomic E-state index is 11.1. The van der Waals surface area contributed by atoms with Crippen molar-refractivity contribution in [2.75, 3.05) is 0 Å². The van der Waals surface area contributed by atoms with Gasteiger partial charge in [-0.3, -0.25) is 15.2 Å². The molecule has 7 nitrogen and oxygen atoms in total. The number of hydrogen-bond donors (Lipinski definition) is 2. The van der Waals surface area contributed by atoms with Gasteiger partial charge >= 0.3 is 0 Å². The molecule has 2 aromatic heterocycles. The van der Waals surface area contributed by atoms with Crippen LogP contribution in [0.1, 0.15) is 21.9 Å². The summed E-state index contributed by atoms with van der Waals surface area (Å²) in [5, 5.41) is 3.55. The van der Waals surface area contributed by atoms with Gasteiger partial charge < -0.3 is 9.26 Å². The van der Waals surface area contributed by atoms with Gasteiger partial charge in [0.05, 0.1) is 6.20 Å². The van der Waals surface area contributed by atoms with Crippen molar-refractivity contribution < 1.29 is 14.1 Å². The Hall–Kier alpha value is -2.41. The summed E-state index contributed by atoms with van der Waals surface area (Å²) in [7, 11) is 0. The number of nitrogen functional groups attached to an aromatic ring is 1. The zero-order chi connectivity index (χ0) is 13.0. The monoisotopic (exact) mass is 248 g/mol. The Bertz CT molecular complexity index is 535. The Morgan fingerprint density at radius 1 is 1.56 bits per heavy atom. The topological polar surface area (TPSA) is 103 Å². The highest BCUT2D eigenvalue weighted by Gasteiger charge is 2.11. The van der Waals surface area contributed by atoms with E-state index < -0.39 is 5.91 Å². The number of aromatic nitrogens is 2. The molecule has 0 saturated heterocycles. The van der Waals surface area contributed by atoms with Gasteiger partial charge in [0.25, 0.3) is 5.91 Å². The van der Waals surface area contributed by atoms with Gasteiger partial charge in [-0.2, -0.15) is 0 Å². The average Bonchev–Trinajstić information content (AvgIpc) is 2.86. The molecule has 2 rings (SSSR count). The molecule has 0 atom stereocenters. The minimum atomic E-state index is -0.512. The molecule has 3 N–H and O–H groups in total. The smallest absolute Gasteiger partial charge is 0.287 e. The van der Waals surface area contributed by atoms with E-state index in [9.17, 15) is 4.79 Å². The average molecular weight is 248 g/mol. The third-order valence-electron chi connectivity index (χ3n) is 2.19. The lowest BCUT2D eigenvalue weighted by Gasteiger charge is -2.02. The van der Waals surface area contributed by atoms with Gasteiger partial charge in [0.1, 0.15) is 12.4 Å². The minimum absolute atomic E-state index is 0.109. The molecule has 1 amide bonds. The molecular formula is C11H12N4O3. The molecule has 0 aromatic carbocycles.